The van der Waals surface area contributed by atoms with Crippen molar-refractivity contribution in [2.75, 3.05) is 0 Å². The van der Waals surface area contributed by atoms with Crippen LogP contribution >= 0.6 is 27.5 Å². The Morgan fingerprint density at radius 2 is 1.83 bits per heavy atom. The Morgan fingerprint density at radius 1 is 1.42 bits per heavy atom. The molecule has 0 saturated heterocycles. The van der Waals surface area contributed by atoms with Crippen LogP contribution in [0.1, 0.15) is 13.8 Å². The Hall–Kier alpha value is -0.340. The van der Waals surface area contributed by atoms with Gasteiger partial charge in [-0.05, 0) is 18.4 Å². The Morgan fingerprint density at radius 3 is 2.08 bits per heavy atom. The van der Waals surface area contributed by atoms with E-state index in [2.05, 4.69) is 40.8 Å². The maximum absolute atomic E-state index is 5.51. The highest BCUT2D eigenvalue weighted by Crippen LogP contribution is 2.16. The second kappa shape index (κ2) is 8.75. The van der Waals surface area contributed by atoms with Crippen LogP contribution in [0.15, 0.2) is 39.4 Å². The third-order valence-corrected chi connectivity index (χ3v) is 1.53. The average Bonchev–Trinajstić information content (AvgIpc) is 2.07. The SMILES string of the molecule is C=N/C(Cl)=C\C(=C)C(=C)Br.CC. The highest BCUT2D eigenvalue weighted by Gasteiger charge is 1.92. The first-order chi connectivity index (χ1) is 5.57. The fourth-order valence-corrected chi connectivity index (χ4v) is 0.514. The van der Waals surface area contributed by atoms with Crippen LogP contribution in [0.25, 0.3) is 0 Å². The van der Waals surface area contributed by atoms with Crippen molar-refractivity contribution >= 4 is 34.2 Å². The van der Waals surface area contributed by atoms with Gasteiger partial charge >= 0.3 is 0 Å². The lowest BCUT2D eigenvalue weighted by atomic mass is 10.3. The molecule has 0 rings (SSSR count). The minimum atomic E-state index is 0.311. The Balaban J connectivity index is 0. The van der Waals surface area contributed by atoms with Crippen LogP contribution in [0, 0.1) is 0 Å². The Kier molecular flexibility index (Phi) is 10.4. The molecule has 0 aliphatic rings. The van der Waals surface area contributed by atoms with Crippen molar-refractivity contribution < 1.29 is 0 Å². The molecule has 68 valence electrons. The lowest BCUT2D eigenvalue weighted by molar-refractivity contribution is 1.50. The molecule has 0 aromatic rings. The maximum Gasteiger partial charge on any atom is 0.128 e. The van der Waals surface area contributed by atoms with Gasteiger partial charge in [0.2, 0.25) is 0 Å². The fraction of sp³-hybridized carbons (Fsp3) is 0.222. The van der Waals surface area contributed by atoms with Gasteiger partial charge in [-0.2, -0.15) is 0 Å². The quantitative estimate of drug-likeness (QED) is 0.403. The average molecular weight is 251 g/mol. The third-order valence-electron chi connectivity index (χ3n) is 0.793. The summed E-state index contributed by atoms with van der Waals surface area (Å²) in [6, 6.07) is 0. The Bertz CT molecular complexity index is 207. The minimum absolute atomic E-state index is 0.311. The molecule has 0 amide bonds. The molecule has 0 heterocycles. The number of rotatable bonds is 3. The molecule has 12 heavy (non-hydrogen) atoms. The van der Waals surface area contributed by atoms with E-state index in [1.54, 1.807) is 6.08 Å². The fourth-order valence-electron chi connectivity index (χ4n) is 0.268. The molecule has 0 bridgehead atoms. The Labute approximate surface area is 87.7 Å². The summed E-state index contributed by atoms with van der Waals surface area (Å²) in [6.07, 6.45) is 1.58. The number of hydrogen-bond donors (Lipinski definition) is 0. The zero-order valence-electron chi connectivity index (χ0n) is 7.40. The first kappa shape index (κ1) is 14.2. The largest absolute Gasteiger partial charge is 0.252 e. The second-order valence-electron chi connectivity index (χ2n) is 1.56. The van der Waals surface area contributed by atoms with E-state index in [9.17, 15) is 0 Å². The van der Waals surface area contributed by atoms with E-state index in [1.165, 1.54) is 0 Å². The van der Waals surface area contributed by atoms with Gasteiger partial charge in [-0.25, -0.2) is 0 Å². The molecule has 0 radical (unpaired) electrons. The molecule has 0 aromatic carbocycles. The van der Waals surface area contributed by atoms with E-state index in [0.29, 0.717) is 15.2 Å². The zero-order chi connectivity index (χ0) is 10.1. The van der Waals surface area contributed by atoms with Gasteiger partial charge in [0.25, 0.3) is 0 Å². The summed E-state index contributed by atoms with van der Waals surface area (Å²) in [6.45, 7) is 14.5. The molecule has 1 nitrogen and oxygen atoms in total. The molecular formula is C9H13BrClN. The van der Waals surface area contributed by atoms with E-state index in [1.807, 2.05) is 13.8 Å². The van der Waals surface area contributed by atoms with E-state index in [4.69, 9.17) is 11.6 Å². The molecule has 0 aliphatic carbocycles. The third kappa shape index (κ3) is 7.76. The normalized spacial score (nSPS) is 9.50. The predicted octanol–water partition coefficient (Wildman–Crippen LogP) is 4.26. The molecule has 0 aliphatic heterocycles. The predicted molar refractivity (Wildman–Crippen MR) is 62.0 cm³/mol. The molecule has 0 spiro atoms. The van der Waals surface area contributed by atoms with E-state index < -0.39 is 0 Å². The lowest BCUT2D eigenvalue weighted by Gasteiger charge is -1.93. The van der Waals surface area contributed by atoms with Gasteiger partial charge in [-0.1, -0.05) is 54.5 Å². The standard InChI is InChI=1S/C7H7BrClN.C2H6/c1-5(6(2)8)4-7(9)10-3;1-2/h4H,1-3H2;1-2H3/b7-4-;. The van der Waals surface area contributed by atoms with Crippen LogP contribution in [-0.4, -0.2) is 6.72 Å². The zero-order valence-corrected chi connectivity index (χ0v) is 9.74. The molecule has 0 fully saturated rings. The number of hydrogen-bond acceptors (Lipinski definition) is 1. The van der Waals surface area contributed by atoms with Gasteiger partial charge in [-0.3, -0.25) is 4.99 Å². The van der Waals surface area contributed by atoms with Crippen LogP contribution in [0.3, 0.4) is 0 Å². The minimum Gasteiger partial charge on any atom is -0.252 e. The topological polar surface area (TPSA) is 12.4 Å². The summed E-state index contributed by atoms with van der Waals surface area (Å²) in [4.78, 5) is 3.46. The highest BCUT2D eigenvalue weighted by atomic mass is 79.9. The molecule has 0 aromatic heterocycles. The summed E-state index contributed by atoms with van der Waals surface area (Å²) in [7, 11) is 0. The molecular weight excluding hydrogens is 237 g/mol. The molecule has 3 heteroatoms. The number of halogens is 2. The van der Waals surface area contributed by atoms with Gasteiger partial charge in [0.05, 0.1) is 0 Å². The van der Waals surface area contributed by atoms with Crippen molar-refractivity contribution in [3.05, 3.63) is 34.4 Å². The summed E-state index contributed by atoms with van der Waals surface area (Å²) in [5.41, 5.74) is 0.692. The van der Waals surface area contributed by atoms with Crippen LogP contribution in [0.2, 0.25) is 0 Å². The monoisotopic (exact) mass is 249 g/mol. The molecule has 0 unspecified atom stereocenters. The summed E-state index contributed by atoms with van der Waals surface area (Å²) < 4.78 is 0.689. The first-order valence-electron chi connectivity index (χ1n) is 3.45. The summed E-state index contributed by atoms with van der Waals surface area (Å²) >= 11 is 8.65. The summed E-state index contributed by atoms with van der Waals surface area (Å²) in [5, 5.41) is 0.311. The van der Waals surface area contributed by atoms with Crippen molar-refractivity contribution in [3.63, 3.8) is 0 Å². The van der Waals surface area contributed by atoms with Gasteiger partial charge in [0.15, 0.2) is 0 Å². The first-order valence-corrected chi connectivity index (χ1v) is 4.62. The molecule has 0 saturated carbocycles. The number of aliphatic imine (C=N–C) groups is 1. The van der Waals surface area contributed by atoms with Crippen LogP contribution in [0.5, 0.6) is 0 Å². The van der Waals surface area contributed by atoms with Crippen LogP contribution in [0.4, 0.5) is 0 Å². The van der Waals surface area contributed by atoms with Crippen LogP contribution < -0.4 is 0 Å². The lowest BCUT2D eigenvalue weighted by Crippen LogP contribution is -1.72. The van der Waals surface area contributed by atoms with E-state index >= 15 is 0 Å². The van der Waals surface area contributed by atoms with Gasteiger partial charge in [0.1, 0.15) is 5.16 Å². The van der Waals surface area contributed by atoms with Crippen molar-refractivity contribution in [3.8, 4) is 0 Å². The van der Waals surface area contributed by atoms with Gasteiger partial charge < -0.3 is 0 Å². The van der Waals surface area contributed by atoms with E-state index in [-0.39, 0.29) is 0 Å². The number of nitrogens with zero attached hydrogens (tertiary/aromatic N) is 1. The van der Waals surface area contributed by atoms with Crippen molar-refractivity contribution in [1.29, 1.82) is 0 Å². The highest BCUT2D eigenvalue weighted by molar-refractivity contribution is 9.11. The van der Waals surface area contributed by atoms with Crippen molar-refractivity contribution in [2.24, 2.45) is 4.99 Å². The molecule has 0 atom stereocenters. The van der Waals surface area contributed by atoms with Crippen molar-refractivity contribution in [2.45, 2.75) is 13.8 Å². The van der Waals surface area contributed by atoms with Gasteiger partial charge in [-0.15, -0.1) is 0 Å². The smallest absolute Gasteiger partial charge is 0.128 e. The van der Waals surface area contributed by atoms with E-state index in [0.717, 1.165) is 0 Å². The second-order valence-corrected chi connectivity index (χ2v) is 2.90. The summed E-state index contributed by atoms with van der Waals surface area (Å²) in [5.74, 6) is 0. The van der Waals surface area contributed by atoms with Crippen molar-refractivity contribution in [1.82, 2.24) is 0 Å². The molecule has 0 N–H and O–H groups in total. The van der Waals surface area contributed by atoms with Gasteiger partial charge in [0, 0.05) is 4.48 Å². The maximum atomic E-state index is 5.51. The number of allylic oxidation sites excluding steroid dienone is 3. The van der Waals surface area contributed by atoms with Crippen LogP contribution in [-0.2, 0) is 0 Å².